The van der Waals surface area contributed by atoms with Crippen molar-refractivity contribution in [2.45, 2.75) is 78.1 Å². The van der Waals surface area contributed by atoms with Crippen LogP contribution in [0.25, 0.3) is 0 Å². The molecule has 1 aromatic carbocycles. The van der Waals surface area contributed by atoms with E-state index in [2.05, 4.69) is 33.8 Å². The van der Waals surface area contributed by atoms with Crippen LogP contribution in [0, 0.1) is 0 Å². The first kappa shape index (κ1) is 16.1. The van der Waals surface area contributed by atoms with Crippen LogP contribution >= 0.6 is 0 Å². The van der Waals surface area contributed by atoms with Crippen LogP contribution in [0.5, 0.6) is 5.75 Å². The summed E-state index contributed by atoms with van der Waals surface area (Å²) in [5, 5.41) is 10.2. The van der Waals surface area contributed by atoms with Gasteiger partial charge in [-0.05, 0) is 41.9 Å². The minimum atomic E-state index is 0.164. The first-order valence-electron chi connectivity index (χ1n) is 7.84. The molecule has 0 unspecified atom stereocenters. The van der Waals surface area contributed by atoms with Crippen LogP contribution in [-0.4, -0.2) is 5.11 Å². The Morgan fingerprint density at radius 3 is 2.32 bits per heavy atom. The molecule has 108 valence electrons. The quantitative estimate of drug-likeness (QED) is 0.605. The first-order valence-corrected chi connectivity index (χ1v) is 7.84. The molecule has 0 bridgehead atoms. The normalized spacial score (nSPS) is 11.8. The Morgan fingerprint density at radius 1 is 1.00 bits per heavy atom. The zero-order chi connectivity index (χ0) is 14.3. The van der Waals surface area contributed by atoms with E-state index in [0.29, 0.717) is 5.75 Å². The highest BCUT2D eigenvalue weighted by Crippen LogP contribution is 2.36. The topological polar surface area (TPSA) is 20.2 Å². The maximum atomic E-state index is 10.2. The van der Waals surface area contributed by atoms with Gasteiger partial charge in [0.05, 0.1) is 0 Å². The summed E-state index contributed by atoms with van der Waals surface area (Å²) in [5.74, 6) is 0.481. The van der Waals surface area contributed by atoms with Crippen molar-refractivity contribution in [1.82, 2.24) is 0 Å². The van der Waals surface area contributed by atoms with E-state index >= 15 is 0 Å². The summed E-state index contributed by atoms with van der Waals surface area (Å²) in [6, 6.07) is 6.02. The number of rotatable bonds is 8. The van der Waals surface area contributed by atoms with Crippen LogP contribution < -0.4 is 0 Å². The van der Waals surface area contributed by atoms with Crippen molar-refractivity contribution >= 4 is 0 Å². The van der Waals surface area contributed by atoms with Crippen LogP contribution in [0.1, 0.15) is 77.3 Å². The predicted octanol–water partition coefficient (Wildman–Crippen LogP) is 5.59. The van der Waals surface area contributed by atoms with Gasteiger partial charge in [-0.1, -0.05) is 65.5 Å². The van der Waals surface area contributed by atoms with Gasteiger partial charge >= 0.3 is 0 Å². The van der Waals surface area contributed by atoms with Crippen molar-refractivity contribution in [3.05, 3.63) is 29.3 Å². The number of aromatic hydroxyl groups is 1. The highest BCUT2D eigenvalue weighted by molar-refractivity contribution is 5.43. The number of benzene rings is 1. The Labute approximate surface area is 119 Å². The lowest BCUT2D eigenvalue weighted by atomic mass is 9.76. The average molecular weight is 262 g/mol. The van der Waals surface area contributed by atoms with Crippen LogP contribution in [0.15, 0.2) is 18.2 Å². The molecule has 0 radical (unpaired) electrons. The number of phenolic OH excluding ortho intramolecular Hbond substituents is 1. The maximum Gasteiger partial charge on any atom is 0.119 e. The molecule has 0 fully saturated rings. The van der Waals surface area contributed by atoms with Crippen molar-refractivity contribution in [1.29, 1.82) is 0 Å². The summed E-state index contributed by atoms with van der Waals surface area (Å²) >= 11 is 0. The fourth-order valence-corrected chi connectivity index (χ4v) is 2.78. The summed E-state index contributed by atoms with van der Waals surface area (Å²) in [6.45, 7) is 9.07. The number of phenols is 1. The summed E-state index contributed by atoms with van der Waals surface area (Å²) in [6.07, 6.45) is 8.34. The maximum absolute atomic E-state index is 10.2. The molecule has 0 aliphatic carbocycles. The lowest BCUT2D eigenvalue weighted by molar-refractivity contribution is 0.431. The van der Waals surface area contributed by atoms with Gasteiger partial charge in [0.1, 0.15) is 5.75 Å². The average Bonchev–Trinajstić information content (AvgIpc) is 2.37. The standard InChI is InChI=1S/C18H30O/c1-5-7-9-14-18(3,4)16-12-10-13-17(19)15(16)11-8-6-2/h10,12-13,19H,5-9,11,14H2,1-4H3. The van der Waals surface area contributed by atoms with Crippen LogP contribution in [0.4, 0.5) is 0 Å². The van der Waals surface area contributed by atoms with Gasteiger partial charge in [0, 0.05) is 0 Å². The van der Waals surface area contributed by atoms with Crippen molar-refractivity contribution in [2.75, 3.05) is 0 Å². The lowest BCUT2D eigenvalue weighted by Gasteiger charge is -2.28. The van der Waals surface area contributed by atoms with Crippen LogP contribution in [0.3, 0.4) is 0 Å². The van der Waals surface area contributed by atoms with E-state index < -0.39 is 0 Å². The molecular formula is C18H30O. The molecule has 1 aromatic rings. The number of hydrogen-bond donors (Lipinski definition) is 1. The second-order valence-electron chi connectivity index (χ2n) is 6.25. The molecule has 0 amide bonds. The molecular weight excluding hydrogens is 232 g/mol. The third-order valence-electron chi connectivity index (χ3n) is 4.07. The van der Waals surface area contributed by atoms with Crippen molar-refractivity contribution in [2.24, 2.45) is 0 Å². The molecule has 0 saturated heterocycles. The second kappa shape index (κ2) is 7.57. The number of hydrogen-bond acceptors (Lipinski definition) is 1. The molecule has 1 heteroatoms. The molecule has 0 heterocycles. The molecule has 1 N–H and O–H groups in total. The van der Waals surface area contributed by atoms with E-state index in [9.17, 15) is 5.11 Å². The smallest absolute Gasteiger partial charge is 0.119 e. The van der Waals surface area contributed by atoms with Gasteiger partial charge in [-0.2, -0.15) is 0 Å². The van der Waals surface area contributed by atoms with Gasteiger partial charge in [0.2, 0.25) is 0 Å². The Kier molecular flexibility index (Phi) is 6.41. The highest BCUT2D eigenvalue weighted by atomic mass is 16.3. The molecule has 0 aliphatic rings. The fourth-order valence-electron chi connectivity index (χ4n) is 2.78. The summed E-state index contributed by atoms with van der Waals surface area (Å²) in [5.41, 5.74) is 2.68. The van der Waals surface area contributed by atoms with E-state index in [0.717, 1.165) is 12.8 Å². The van der Waals surface area contributed by atoms with Crippen molar-refractivity contribution in [3.8, 4) is 5.75 Å². The van der Waals surface area contributed by atoms with E-state index in [1.165, 1.54) is 43.2 Å². The van der Waals surface area contributed by atoms with Gasteiger partial charge in [0.25, 0.3) is 0 Å². The Morgan fingerprint density at radius 2 is 1.68 bits per heavy atom. The Hall–Kier alpha value is -0.980. The van der Waals surface area contributed by atoms with Gasteiger partial charge in [-0.15, -0.1) is 0 Å². The van der Waals surface area contributed by atoms with E-state index in [-0.39, 0.29) is 5.41 Å². The van der Waals surface area contributed by atoms with Gasteiger partial charge in [-0.25, -0.2) is 0 Å². The summed E-state index contributed by atoms with van der Waals surface area (Å²) in [7, 11) is 0. The molecule has 19 heavy (non-hydrogen) atoms. The molecule has 1 rings (SSSR count). The van der Waals surface area contributed by atoms with Crippen LogP contribution in [0.2, 0.25) is 0 Å². The van der Waals surface area contributed by atoms with E-state index in [1.54, 1.807) is 0 Å². The van der Waals surface area contributed by atoms with Crippen molar-refractivity contribution in [3.63, 3.8) is 0 Å². The Bertz CT molecular complexity index is 379. The largest absolute Gasteiger partial charge is 0.508 e. The predicted molar refractivity (Wildman–Crippen MR) is 83.9 cm³/mol. The third kappa shape index (κ3) is 4.56. The van der Waals surface area contributed by atoms with Crippen LogP contribution in [-0.2, 0) is 11.8 Å². The van der Waals surface area contributed by atoms with Gasteiger partial charge in [-0.3, -0.25) is 0 Å². The fraction of sp³-hybridized carbons (Fsp3) is 0.667. The van der Waals surface area contributed by atoms with E-state index in [1.807, 2.05) is 12.1 Å². The molecule has 0 atom stereocenters. The third-order valence-corrected chi connectivity index (χ3v) is 4.07. The SMILES string of the molecule is CCCCCC(C)(C)c1cccc(O)c1CCCC. The molecule has 0 aromatic heterocycles. The molecule has 0 saturated carbocycles. The number of unbranched alkanes of at least 4 members (excludes halogenated alkanes) is 3. The lowest BCUT2D eigenvalue weighted by Crippen LogP contribution is -2.19. The minimum Gasteiger partial charge on any atom is -0.508 e. The van der Waals surface area contributed by atoms with Crippen molar-refractivity contribution < 1.29 is 5.11 Å². The zero-order valence-corrected chi connectivity index (χ0v) is 13.1. The summed E-state index contributed by atoms with van der Waals surface area (Å²) in [4.78, 5) is 0. The minimum absolute atomic E-state index is 0.164. The second-order valence-corrected chi connectivity index (χ2v) is 6.25. The highest BCUT2D eigenvalue weighted by Gasteiger charge is 2.24. The molecule has 1 nitrogen and oxygen atoms in total. The Balaban J connectivity index is 2.93. The first-order chi connectivity index (χ1) is 9.03. The van der Waals surface area contributed by atoms with Gasteiger partial charge in [0.15, 0.2) is 0 Å². The molecule has 0 spiro atoms. The summed E-state index contributed by atoms with van der Waals surface area (Å²) < 4.78 is 0. The van der Waals surface area contributed by atoms with E-state index in [4.69, 9.17) is 0 Å². The molecule has 0 aliphatic heterocycles. The zero-order valence-electron chi connectivity index (χ0n) is 13.1. The van der Waals surface area contributed by atoms with Gasteiger partial charge < -0.3 is 5.11 Å². The monoisotopic (exact) mass is 262 g/mol.